The van der Waals surface area contributed by atoms with Crippen molar-refractivity contribution < 1.29 is 14.0 Å². The zero-order chi connectivity index (χ0) is 15.7. The van der Waals surface area contributed by atoms with Gasteiger partial charge in [-0.3, -0.25) is 9.59 Å². The van der Waals surface area contributed by atoms with Gasteiger partial charge < -0.3 is 10.2 Å². The Bertz CT molecular complexity index is 573. The van der Waals surface area contributed by atoms with Crippen LogP contribution in [-0.4, -0.2) is 28.8 Å². The van der Waals surface area contributed by atoms with Crippen LogP contribution in [0, 0.1) is 12.7 Å². The van der Waals surface area contributed by atoms with Gasteiger partial charge in [0, 0.05) is 0 Å². The number of benzene rings is 1. The van der Waals surface area contributed by atoms with Gasteiger partial charge >= 0.3 is 0 Å². The lowest BCUT2D eigenvalue weighted by Gasteiger charge is -2.41. The first-order valence-electron chi connectivity index (χ1n) is 7.25. The summed E-state index contributed by atoms with van der Waals surface area (Å²) in [6.45, 7) is 7.07. The molecule has 0 saturated carbocycles. The third kappa shape index (κ3) is 2.77. The number of carbonyl (C=O) groups excluding carboxylic acids is 2. The average Bonchev–Trinajstić information content (AvgIpc) is 2.45. The monoisotopic (exact) mass is 292 g/mol. The molecule has 1 heterocycles. The summed E-state index contributed by atoms with van der Waals surface area (Å²) in [5, 5.41) is 2.72. The quantitative estimate of drug-likeness (QED) is 0.929. The van der Waals surface area contributed by atoms with Crippen molar-refractivity contribution in [1.82, 2.24) is 10.2 Å². The Morgan fingerprint density at radius 2 is 2.05 bits per heavy atom. The Morgan fingerprint density at radius 3 is 2.62 bits per heavy atom. The molecule has 1 N–H and O–H groups in total. The summed E-state index contributed by atoms with van der Waals surface area (Å²) in [4.78, 5) is 26.0. The Hall–Kier alpha value is -1.91. The molecule has 5 heteroatoms. The van der Waals surface area contributed by atoms with E-state index in [1.54, 1.807) is 30.9 Å². The number of hydrogen-bond acceptors (Lipinski definition) is 2. The summed E-state index contributed by atoms with van der Waals surface area (Å²) >= 11 is 0. The normalized spacial score (nSPS) is 24.0. The van der Waals surface area contributed by atoms with Crippen LogP contribution in [-0.2, 0) is 9.59 Å². The van der Waals surface area contributed by atoms with Gasteiger partial charge in [0.1, 0.15) is 17.9 Å². The van der Waals surface area contributed by atoms with Crippen molar-refractivity contribution in [2.24, 2.45) is 0 Å². The van der Waals surface area contributed by atoms with Crippen LogP contribution in [0.4, 0.5) is 4.39 Å². The predicted molar refractivity (Wildman–Crippen MR) is 78.1 cm³/mol. The van der Waals surface area contributed by atoms with Crippen LogP contribution in [0.1, 0.15) is 44.4 Å². The molecule has 0 aliphatic carbocycles. The lowest BCUT2D eigenvalue weighted by atomic mass is 9.99. The molecule has 114 valence electrons. The van der Waals surface area contributed by atoms with Crippen molar-refractivity contribution in [3.05, 3.63) is 35.1 Å². The number of carbonyl (C=O) groups is 2. The van der Waals surface area contributed by atoms with Crippen LogP contribution in [0.15, 0.2) is 18.2 Å². The molecule has 1 aliphatic heterocycles. The van der Waals surface area contributed by atoms with Gasteiger partial charge in [-0.25, -0.2) is 4.39 Å². The second-order valence-corrected chi connectivity index (χ2v) is 5.58. The van der Waals surface area contributed by atoms with Crippen molar-refractivity contribution in [1.29, 1.82) is 0 Å². The summed E-state index contributed by atoms with van der Waals surface area (Å²) < 4.78 is 13.7. The van der Waals surface area contributed by atoms with Gasteiger partial charge in [-0.1, -0.05) is 19.1 Å². The summed E-state index contributed by atoms with van der Waals surface area (Å²) in [6.07, 6.45) is 0.544. The molecule has 3 unspecified atom stereocenters. The van der Waals surface area contributed by atoms with Gasteiger partial charge in [-0.15, -0.1) is 0 Å². The topological polar surface area (TPSA) is 49.4 Å². The maximum Gasteiger partial charge on any atom is 0.246 e. The summed E-state index contributed by atoms with van der Waals surface area (Å²) in [6, 6.07) is 3.54. The van der Waals surface area contributed by atoms with E-state index in [4.69, 9.17) is 0 Å². The van der Waals surface area contributed by atoms with Gasteiger partial charge in [0.15, 0.2) is 0 Å². The molecule has 2 rings (SSSR count). The molecule has 0 spiro atoms. The highest BCUT2D eigenvalue weighted by Crippen LogP contribution is 2.27. The smallest absolute Gasteiger partial charge is 0.246 e. The van der Waals surface area contributed by atoms with Gasteiger partial charge in [0.2, 0.25) is 11.8 Å². The van der Waals surface area contributed by atoms with E-state index in [9.17, 15) is 14.0 Å². The lowest BCUT2D eigenvalue weighted by molar-refractivity contribution is -0.151. The zero-order valence-electron chi connectivity index (χ0n) is 12.8. The van der Waals surface area contributed by atoms with E-state index in [0.29, 0.717) is 17.5 Å². The average molecular weight is 292 g/mol. The number of hydrogen-bond donors (Lipinski definition) is 1. The van der Waals surface area contributed by atoms with Gasteiger partial charge in [-0.05, 0) is 44.4 Å². The van der Waals surface area contributed by atoms with Crippen LogP contribution >= 0.6 is 0 Å². The van der Waals surface area contributed by atoms with Crippen molar-refractivity contribution in [3.63, 3.8) is 0 Å². The zero-order valence-corrected chi connectivity index (χ0v) is 12.8. The van der Waals surface area contributed by atoms with Crippen LogP contribution < -0.4 is 5.32 Å². The van der Waals surface area contributed by atoms with E-state index in [-0.39, 0.29) is 23.7 Å². The molecular weight excluding hydrogens is 271 g/mol. The molecule has 2 amide bonds. The van der Waals surface area contributed by atoms with Gasteiger partial charge in [0.05, 0.1) is 6.04 Å². The van der Waals surface area contributed by atoms with Crippen molar-refractivity contribution in [2.45, 2.75) is 52.2 Å². The minimum atomic E-state index is -0.556. The second-order valence-electron chi connectivity index (χ2n) is 5.58. The number of halogens is 1. The van der Waals surface area contributed by atoms with E-state index in [1.807, 2.05) is 13.8 Å². The van der Waals surface area contributed by atoms with Crippen molar-refractivity contribution >= 4 is 11.8 Å². The van der Waals surface area contributed by atoms with E-state index in [2.05, 4.69) is 5.32 Å². The highest BCUT2D eigenvalue weighted by Gasteiger charge is 2.39. The number of nitrogens with zero attached hydrogens (tertiary/aromatic N) is 1. The molecule has 1 saturated heterocycles. The lowest BCUT2D eigenvalue weighted by Crippen LogP contribution is -2.62. The van der Waals surface area contributed by atoms with Crippen LogP contribution in [0.3, 0.4) is 0 Å². The predicted octanol–water partition coefficient (Wildman–Crippen LogP) is 2.32. The van der Waals surface area contributed by atoms with Crippen molar-refractivity contribution in [3.8, 4) is 0 Å². The fourth-order valence-electron chi connectivity index (χ4n) is 2.68. The first-order valence-corrected chi connectivity index (χ1v) is 7.25. The first-order chi connectivity index (χ1) is 9.86. The molecular formula is C16H21FN2O2. The molecule has 1 aliphatic rings. The van der Waals surface area contributed by atoms with E-state index in [0.717, 1.165) is 0 Å². The number of amides is 2. The molecule has 0 radical (unpaired) electrons. The Kier molecular flexibility index (Phi) is 4.30. The third-order valence-corrected chi connectivity index (χ3v) is 4.17. The number of nitrogens with one attached hydrogen (secondary N) is 1. The molecule has 0 aromatic heterocycles. The largest absolute Gasteiger partial charge is 0.343 e. The van der Waals surface area contributed by atoms with E-state index in [1.165, 1.54) is 6.07 Å². The van der Waals surface area contributed by atoms with Crippen LogP contribution in [0.2, 0.25) is 0 Å². The summed E-state index contributed by atoms with van der Waals surface area (Å²) in [5.74, 6) is -0.577. The molecule has 1 aromatic rings. The second kappa shape index (κ2) is 5.84. The highest BCUT2D eigenvalue weighted by atomic mass is 19.1. The fraction of sp³-hybridized carbons (Fsp3) is 0.500. The number of rotatable bonds is 3. The van der Waals surface area contributed by atoms with Crippen LogP contribution in [0.25, 0.3) is 0 Å². The Balaban J connectivity index is 2.34. The minimum absolute atomic E-state index is 0.113. The van der Waals surface area contributed by atoms with Gasteiger partial charge in [-0.2, -0.15) is 0 Å². The third-order valence-electron chi connectivity index (χ3n) is 4.17. The fourth-order valence-corrected chi connectivity index (χ4v) is 2.68. The van der Waals surface area contributed by atoms with Gasteiger partial charge in [0.25, 0.3) is 0 Å². The SMILES string of the molecule is CCC1NC(=O)C(C)N(C(C)c2ccc(C)c(F)c2)C1=O. The molecule has 3 atom stereocenters. The van der Waals surface area contributed by atoms with Crippen LogP contribution in [0.5, 0.6) is 0 Å². The van der Waals surface area contributed by atoms with Crippen molar-refractivity contribution in [2.75, 3.05) is 0 Å². The molecule has 0 bridgehead atoms. The maximum absolute atomic E-state index is 13.7. The summed E-state index contributed by atoms with van der Waals surface area (Å²) in [5.41, 5.74) is 1.26. The first kappa shape index (κ1) is 15.5. The summed E-state index contributed by atoms with van der Waals surface area (Å²) in [7, 11) is 0. The van der Waals surface area contributed by atoms with E-state index < -0.39 is 12.1 Å². The Morgan fingerprint density at radius 1 is 1.38 bits per heavy atom. The number of aryl methyl sites for hydroxylation is 1. The minimum Gasteiger partial charge on any atom is -0.343 e. The maximum atomic E-state index is 13.7. The highest BCUT2D eigenvalue weighted by molar-refractivity contribution is 5.96. The molecule has 21 heavy (non-hydrogen) atoms. The number of piperazine rings is 1. The standard InChI is InChI=1S/C16H21FN2O2/c1-5-14-16(21)19(11(4)15(20)18-14)10(3)12-7-6-9(2)13(17)8-12/h6-8,10-11,14H,5H2,1-4H3,(H,18,20). The Labute approximate surface area is 124 Å². The molecule has 4 nitrogen and oxygen atoms in total. The molecule has 1 fully saturated rings. The van der Waals surface area contributed by atoms with E-state index >= 15 is 0 Å². The molecule has 1 aromatic carbocycles.